The summed E-state index contributed by atoms with van der Waals surface area (Å²) < 4.78 is 14.6. The summed E-state index contributed by atoms with van der Waals surface area (Å²) in [5.41, 5.74) is -1.04. The van der Waals surface area contributed by atoms with Gasteiger partial charge >= 0.3 is 11.2 Å². The van der Waals surface area contributed by atoms with Crippen LogP contribution in [0.15, 0.2) is 46.0 Å². The smallest absolute Gasteiger partial charge is 0.345 e. The number of fused-ring (bicyclic) bond motifs is 1. The highest BCUT2D eigenvalue weighted by molar-refractivity contribution is 5.86. The van der Waals surface area contributed by atoms with E-state index in [1.165, 1.54) is 6.07 Å². The zero-order valence-electron chi connectivity index (χ0n) is 10.7. The van der Waals surface area contributed by atoms with E-state index in [9.17, 15) is 19.1 Å². The molecule has 3 aromatic rings. The van der Waals surface area contributed by atoms with Gasteiger partial charge < -0.3 is 5.11 Å². The third-order valence-corrected chi connectivity index (χ3v) is 3.15. The molecule has 7 heteroatoms. The fraction of sp³-hybridized carbons (Fsp3) is 0.0714. The Morgan fingerprint density at radius 1 is 1.14 bits per heavy atom. The van der Waals surface area contributed by atoms with Crippen LogP contribution in [0.5, 0.6) is 5.88 Å². The molecule has 3 rings (SSSR count). The van der Waals surface area contributed by atoms with Gasteiger partial charge in [-0.2, -0.15) is 0 Å². The summed E-state index contributed by atoms with van der Waals surface area (Å²) in [6, 6.07) is 9.67. The summed E-state index contributed by atoms with van der Waals surface area (Å²) in [7, 11) is 0. The maximum Gasteiger partial charge on any atom is 0.345 e. The van der Waals surface area contributed by atoms with Crippen molar-refractivity contribution in [2.24, 2.45) is 0 Å². The van der Waals surface area contributed by atoms with Crippen molar-refractivity contribution < 1.29 is 9.50 Å². The lowest BCUT2D eigenvalue weighted by atomic mass is 10.0. The molecule has 2 aromatic carbocycles. The molecule has 0 spiro atoms. The van der Waals surface area contributed by atoms with Crippen LogP contribution in [0, 0.1) is 5.82 Å². The predicted molar refractivity (Wildman–Crippen MR) is 73.8 cm³/mol. The number of aromatic nitrogens is 3. The topological polar surface area (TPSA) is 88.0 Å². The number of hydrogen-bond acceptors (Lipinski definition) is 4. The lowest BCUT2D eigenvalue weighted by molar-refractivity contribution is 0.409. The van der Waals surface area contributed by atoms with Crippen LogP contribution in [0.2, 0.25) is 0 Å². The molecular weight excluding hydrogens is 277 g/mol. The molecule has 0 unspecified atom stereocenters. The van der Waals surface area contributed by atoms with Crippen LogP contribution in [0.25, 0.3) is 10.8 Å². The molecule has 1 heterocycles. The number of aromatic amines is 1. The number of nitrogens with zero attached hydrogens (tertiary/aromatic N) is 2. The molecule has 0 aliphatic rings. The molecule has 1 aromatic heterocycles. The zero-order valence-corrected chi connectivity index (χ0v) is 10.7. The summed E-state index contributed by atoms with van der Waals surface area (Å²) in [5.74, 6) is -1.15. The summed E-state index contributed by atoms with van der Waals surface area (Å²) in [4.78, 5) is 24.7. The lowest BCUT2D eigenvalue weighted by Gasteiger charge is -2.08. The Hall–Kier alpha value is -2.96. The van der Waals surface area contributed by atoms with Crippen molar-refractivity contribution in [2.45, 2.75) is 6.54 Å². The van der Waals surface area contributed by atoms with Crippen LogP contribution in [0.4, 0.5) is 4.39 Å². The van der Waals surface area contributed by atoms with E-state index >= 15 is 0 Å². The molecule has 0 radical (unpaired) electrons. The predicted octanol–water partition coefficient (Wildman–Crippen LogP) is 0.978. The van der Waals surface area contributed by atoms with E-state index < -0.39 is 17.1 Å². The Bertz CT molecular complexity index is 946. The van der Waals surface area contributed by atoms with Gasteiger partial charge in [0.25, 0.3) is 5.88 Å². The van der Waals surface area contributed by atoms with Gasteiger partial charge in [0, 0.05) is 5.39 Å². The first-order chi connectivity index (χ1) is 10.1. The van der Waals surface area contributed by atoms with Crippen molar-refractivity contribution in [3.63, 3.8) is 0 Å². The van der Waals surface area contributed by atoms with E-state index in [0.717, 1.165) is 4.68 Å². The SMILES string of the molecule is O=c1[nH]c(=O)n(Cc2cccc3c(F)cccc23)nc1O. The van der Waals surface area contributed by atoms with Gasteiger partial charge in [0.2, 0.25) is 0 Å². The summed E-state index contributed by atoms with van der Waals surface area (Å²) in [6.07, 6.45) is 0. The fourth-order valence-corrected chi connectivity index (χ4v) is 2.17. The molecule has 0 amide bonds. The zero-order chi connectivity index (χ0) is 15.0. The lowest BCUT2D eigenvalue weighted by Crippen LogP contribution is -2.32. The van der Waals surface area contributed by atoms with Crippen LogP contribution in [-0.2, 0) is 6.54 Å². The van der Waals surface area contributed by atoms with Crippen molar-refractivity contribution in [3.05, 3.63) is 68.6 Å². The molecule has 2 N–H and O–H groups in total. The largest absolute Gasteiger partial charge is 0.488 e. The minimum absolute atomic E-state index is 0.00394. The maximum atomic E-state index is 13.7. The van der Waals surface area contributed by atoms with E-state index in [4.69, 9.17) is 0 Å². The summed E-state index contributed by atoms with van der Waals surface area (Å²) in [5, 5.41) is 13.9. The third kappa shape index (κ3) is 2.29. The van der Waals surface area contributed by atoms with Gasteiger partial charge in [-0.05, 0) is 17.0 Å². The van der Waals surface area contributed by atoms with Crippen molar-refractivity contribution in [1.82, 2.24) is 14.8 Å². The molecule has 0 fully saturated rings. The Kier molecular flexibility index (Phi) is 3.02. The third-order valence-electron chi connectivity index (χ3n) is 3.15. The molecule has 0 atom stereocenters. The van der Waals surface area contributed by atoms with E-state index in [-0.39, 0.29) is 12.4 Å². The van der Waals surface area contributed by atoms with E-state index in [1.807, 2.05) is 4.98 Å². The molecule has 0 saturated heterocycles. The Balaban J connectivity index is 2.15. The summed E-state index contributed by atoms with van der Waals surface area (Å²) in [6.45, 7) is 0.00394. The van der Waals surface area contributed by atoms with Crippen molar-refractivity contribution in [3.8, 4) is 5.88 Å². The molecule has 6 nitrogen and oxygen atoms in total. The highest BCUT2D eigenvalue weighted by Crippen LogP contribution is 2.21. The monoisotopic (exact) mass is 287 g/mol. The number of nitrogens with one attached hydrogen (secondary N) is 1. The minimum Gasteiger partial charge on any atom is -0.488 e. The second-order valence-electron chi connectivity index (χ2n) is 4.49. The first kappa shape index (κ1) is 13.0. The van der Waals surface area contributed by atoms with Crippen LogP contribution in [-0.4, -0.2) is 19.9 Å². The van der Waals surface area contributed by atoms with Crippen molar-refractivity contribution in [1.29, 1.82) is 0 Å². The fourth-order valence-electron chi connectivity index (χ4n) is 2.17. The first-order valence-electron chi connectivity index (χ1n) is 6.13. The molecule has 0 bridgehead atoms. The van der Waals surface area contributed by atoms with Crippen LogP contribution in [0.3, 0.4) is 0 Å². The molecule has 0 aliphatic heterocycles. The van der Waals surface area contributed by atoms with Gasteiger partial charge in [-0.25, -0.2) is 13.9 Å². The number of hydrogen-bond donors (Lipinski definition) is 2. The highest BCUT2D eigenvalue weighted by atomic mass is 19.1. The first-order valence-corrected chi connectivity index (χ1v) is 6.13. The molecule has 21 heavy (non-hydrogen) atoms. The molecule has 106 valence electrons. The normalized spacial score (nSPS) is 10.9. The van der Waals surface area contributed by atoms with Gasteiger partial charge in [-0.3, -0.25) is 9.78 Å². The van der Waals surface area contributed by atoms with Crippen LogP contribution >= 0.6 is 0 Å². The Labute approximate surface area is 117 Å². The van der Waals surface area contributed by atoms with Gasteiger partial charge in [0.05, 0.1) is 6.54 Å². The number of benzene rings is 2. The number of aromatic hydroxyl groups is 1. The van der Waals surface area contributed by atoms with E-state index in [0.29, 0.717) is 16.3 Å². The van der Waals surface area contributed by atoms with Gasteiger partial charge in [-0.15, -0.1) is 5.10 Å². The molecular formula is C14H10FN3O3. The average Bonchev–Trinajstić information content (AvgIpc) is 2.46. The van der Waals surface area contributed by atoms with Crippen LogP contribution in [0.1, 0.15) is 5.56 Å². The quantitative estimate of drug-likeness (QED) is 0.735. The van der Waals surface area contributed by atoms with Gasteiger partial charge in [0.15, 0.2) is 0 Å². The molecule has 0 aliphatic carbocycles. The molecule has 0 saturated carbocycles. The van der Waals surface area contributed by atoms with Gasteiger partial charge in [-0.1, -0.05) is 30.3 Å². The minimum atomic E-state index is -0.944. The van der Waals surface area contributed by atoms with E-state index in [1.54, 1.807) is 30.3 Å². The summed E-state index contributed by atoms with van der Waals surface area (Å²) >= 11 is 0. The standard InChI is InChI=1S/C14H10FN3O3/c15-11-6-2-4-9-8(3-1-5-10(9)11)7-18-14(21)16-12(19)13(20)17-18/h1-6H,7H2,(H,17,20)(H,16,19,21). The second kappa shape index (κ2) is 4.86. The Morgan fingerprint density at radius 3 is 2.67 bits per heavy atom. The van der Waals surface area contributed by atoms with Gasteiger partial charge in [0.1, 0.15) is 5.82 Å². The van der Waals surface area contributed by atoms with Crippen LogP contribution < -0.4 is 11.2 Å². The second-order valence-corrected chi connectivity index (χ2v) is 4.49. The highest BCUT2D eigenvalue weighted by Gasteiger charge is 2.09. The maximum absolute atomic E-state index is 13.7. The Morgan fingerprint density at radius 2 is 1.86 bits per heavy atom. The number of rotatable bonds is 2. The number of halogens is 1. The van der Waals surface area contributed by atoms with E-state index in [2.05, 4.69) is 5.10 Å². The van der Waals surface area contributed by atoms with Crippen molar-refractivity contribution >= 4 is 10.8 Å². The van der Waals surface area contributed by atoms with Crippen molar-refractivity contribution in [2.75, 3.05) is 0 Å². The average molecular weight is 287 g/mol. The number of H-pyrrole nitrogens is 1.